The van der Waals surface area contributed by atoms with Gasteiger partial charge in [-0.25, -0.2) is 9.97 Å². The van der Waals surface area contributed by atoms with Crippen LogP contribution in [0.3, 0.4) is 0 Å². The molecule has 1 aliphatic rings. The molecule has 1 saturated heterocycles. The Hall–Kier alpha value is -2.70. The highest BCUT2D eigenvalue weighted by atomic mass is 16.4. The van der Waals surface area contributed by atoms with Crippen molar-refractivity contribution in [3.8, 4) is 11.5 Å². The van der Waals surface area contributed by atoms with Crippen molar-refractivity contribution in [1.29, 1.82) is 0 Å². The van der Waals surface area contributed by atoms with E-state index in [1.54, 1.807) is 6.20 Å². The topological polar surface area (TPSA) is 91.2 Å². The largest absolute Gasteiger partial charge is 0.481 e. The van der Waals surface area contributed by atoms with Gasteiger partial charge in [0.05, 0.1) is 6.42 Å². The molecule has 0 atom stereocenters. The monoisotopic (exact) mass is 341 g/mol. The summed E-state index contributed by atoms with van der Waals surface area (Å²) in [6, 6.07) is 7.52. The molecule has 0 aliphatic carbocycles. The van der Waals surface area contributed by atoms with Crippen molar-refractivity contribution >= 4 is 17.6 Å². The third-order valence-corrected chi connectivity index (χ3v) is 4.36. The number of rotatable bonds is 6. The number of nitrogens with one attached hydrogen (secondary N) is 1. The standard InChI is InChI=1S/C18H23N5O2/c1-13-6-10-23(11-7-13)16-12-15(20-9-5-17(24)25)21-18(22-16)14-4-2-3-8-19-14/h2-4,8,12-13H,5-7,9-11H2,1H3,(H,24,25)(H,20,21,22). The number of anilines is 2. The second-order valence-electron chi connectivity index (χ2n) is 6.39. The number of piperidine rings is 1. The van der Waals surface area contributed by atoms with Crippen molar-refractivity contribution in [2.75, 3.05) is 29.9 Å². The minimum Gasteiger partial charge on any atom is -0.481 e. The van der Waals surface area contributed by atoms with Crippen LogP contribution in [0, 0.1) is 5.92 Å². The van der Waals surface area contributed by atoms with Crippen LogP contribution in [0.4, 0.5) is 11.6 Å². The van der Waals surface area contributed by atoms with Gasteiger partial charge in [-0.1, -0.05) is 13.0 Å². The first-order valence-corrected chi connectivity index (χ1v) is 8.63. The van der Waals surface area contributed by atoms with E-state index in [9.17, 15) is 4.79 Å². The van der Waals surface area contributed by atoms with Crippen LogP contribution >= 0.6 is 0 Å². The van der Waals surface area contributed by atoms with Gasteiger partial charge in [-0.05, 0) is 30.9 Å². The molecule has 0 unspecified atom stereocenters. The summed E-state index contributed by atoms with van der Waals surface area (Å²) in [6.07, 6.45) is 4.04. The quantitative estimate of drug-likeness (QED) is 0.834. The molecule has 0 aromatic carbocycles. The smallest absolute Gasteiger partial charge is 0.305 e. The molecule has 2 aromatic heterocycles. The van der Waals surface area contributed by atoms with Crippen molar-refractivity contribution in [3.63, 3.8) is 0 Å². The number of hydrogen-bond acceptors (Lipinski definition) is 6. The van der Waals surface area contributed by atoms with Gasteiger partial charge in [-0.3, -0.25) is 9.78 Å². The van der Waals surface area contributed by atoms with Gasteiger partial charge in [0, 0.05) is 31.9 Å². The van der Waals surface area contributed by atoms with Gasteiger partial charge in [0.15, 0.2) is 5.82 Å². The van der Waals surface area contributed by atoms with E-state index < -0.39 is 5.97 Å². The number of pyridine rings is 1. The maximum atomic E-state index is 10.7. The van der Waals surface area contributed by atoms with Crippen molar-refractivity contribution < 1.29 is 9.90 Å². The average molecular weight is 341 g/mol. The normalized spacial score (nSPS) is 15.2. The van der Waals surface area contributed by atoms with Gasteiger partial charge >= 0.3 is 5.97 Å². The number of aromatic nitrogens is 3. The van der Waals surface area contributed by atoms with E-state index in [4.69, 9.17) is 10.1 Å². The van der Waals surface area contributed by atoms with Crippen molar-refractivity contribution in [1.82, 2.24) is 15.0 Å². The fraction of sp³-hybridized carbons (Fsp3) is 0.444. The first-order valence-electron chi connectivity index (χ1n) is 8.63. The minimum atomic E-state index is -0.836. The van der Waals surface area contributed by atoms with Gasteiger partial charge in [0.1, 0.15) is 17.3 Å². The zero-order valence-electron chi connectivity index (χ0n) is 14.4. The number of carboxylic acid groups (broad SMARTS) is 1. The molecule has 25 heavy (non-hydrogen) atoms. The third-order valence-electron chi connectivity index (χ3n) is 4.36. The molecule has 0 radical (unpaired) electrons. The number of nitrogens with zero attached hydrogens (tertiary/aromatic N) is 4. The Kier molecular flexibility index (Phi) is 5.42. The number of carboxylic acids is 1. The van der Waals surface area contributed by atoms with Crippen LogP contribution in [0.25, 0.3) is 11.5 Å². The second-order valence-corrected chi connectivity index (χ2v) is 6.39. The van der Waals surface area contributed by atoms with Gasteiger partial charge in [0.25, 0.3) is 0 Å². The molecule has 7 nitrogen and oxygen atoms in total. The lowest BCUT2D eigenvalue weighted by atomic mass is 9.99. The summed E-state index contributed by atoms with van der Waals surface area (Å²) in [5, 5.41) is 11.9. The van der Waals surface area contributed by atoms with Crippen molar-refractivity contribution in [2.24, 2.45) is 5.92 Å². The number of hydrogen-bond donors (Lipinski definition) is 2. The van der Waals surface area contributed by atoms with Crippen LogP contribution in [0.1, 0.15) is 26.2 Å². The van der Waals surface area contributed by atoms with Gasteiger partial charge in [0.2, 0.25) is 0 Å². The van der Waals surface area contributed by atoms with E-state index in [2.05, 4.69) is 27.1 Å². The van der Waals surface area contributed by atoms with Gasteiger partial charge < -0.3 is 15.3 Å². The first-order chi connectivity index (χ1) is 12.1. The molecule has 2 aromatic rings. The Morgan fingerprint density at radius 2 is 2.12 bits per heavy atom. The predicted molar refractivity (Wildman–Crippen MR) is 96.6 cm³/mol. The van der Waals surface area contributed by atoms with Crippen molar-refractivity contribution in [3.05, 3.63) is 30.5 Å². The third kappa shape index (κ3) is 4.65. The summed E-state index contributed by atoms with van der Waals surface area (Å²) in [6.45, 7) is 4.53. The Bertz CT molecular complexity index is 715. The molecule has 3 rings (SSSR count). The number of aliphatic carboxylic acids is 1. The summed E-state index contributed by atoms with van der Waals surface area (Å²) in [4.78, 5) is 26.5. The van der Waals surface area contributed by atoms with Crippen molar-refractivity contribution in [2.45, 2.75) is 26.2 Å². The fourth-order valence-electron chi connectivity index (χ4n) is 2.83. The molecular formula is C18H23N5O2. The van der Waals surface area contributed by atoms with Crippen LogP contribution in [0.15, 0.2) is 30.5 Å². The molecule has 0 spiro atoms. The molecule has 3 heterocycles. The summed E-state index contributed by atoms with van der Waals surface area (Å²) < 4.78 is 0. The summed E-state index contributed by atoms with van der Waals surface area (Å²) >= 11 is 0. The summed E-state index contributed by atoms with van der Waals surface area (Å²) in [5.74, 6) is 1.94. The van der Waals surface area contributed by atoms with E-state index >= 15 is 0 Å². The van der Waals surface area contributed by atoms with Gasteiger partial charge in [-0.15, -0.1) is 0 Å². The van der Waals surface area contributed by atoms with E-state index in [1.807, 2.05) is 24.3 Å². The number of carbonyl (C=O) groups is 1. The minimum absolute atomic E-state index is 0.0412. The maximum Gasteiger partial charge on any atom is 0.305 e. The highest BCUT2D eigenvalue weighted by Gasteiger charge is 2.19. The Labute approximate surface area is 147 Å². The SMILES string of the molecule is CC1CCN(c2cc(NCCC(=O)O)nc(-c3ccccn3)n2)CC1. The molecule has 2 N–H and O–H groups in total. The lowest BCUT2D eigenvalue weighted by molar-refractivity contribution is -0.136. The van der Waals surface area contributed by atoms with E-state index in [0.29, 0.717) is 23.9 Å². The van der Waals surface area contributed by atoms with Crippen LogP contribution in [0.5, 0.6) is 0 Å². The van der Waals surface area contributed by atoms with Crippen LogP contribution in [-0.4, -0.2) is 45.7 Å². The highest BCUT2D eigenvalue weighted by Crippen LogP contribution is 2.25. The summed E-state index contributed by atoms with van der Waals surface area (Å²) in [7, 11) is 0. The van der Waals surface area contributed by atoms with E-state index in [1.165, 1.54) is 0 Å². The van der Waals surface area contributed by atoms with Gasteiger partial charge in [-0.2, -0.15) is 0 Å². The molecule has 0 bridgehead atoms. The molecular weight excluding hydrogens is 318 g/mol. The Morgan fingerprint density at radius 3 is 2.80 bits per heavy atom. The maximum absolute atomic E-state index is 10.7. The Morgan fingerprint density at radius 1 is 1.32 bits per heavy atom. The lowest BCUT2D eigenvalue weighted by Gasteiger charge is -2.31. The molecule has 1 aliphatic heterocycles. The second kappa shape index (κ2) is 7.92. The lowest BCUT2D eigenvalue weighted by Crippen LogP contribution is -2.33. The van der Waals surface area contributed by atoms with E-state index in [0.717, 1.165) is 37.7 Å². The first kappa shape index (κ1) is 17.1. The van der Waals surface area contributed by atoms with Crippen LogP contribution in [0.2, 0.25) is 0 Å². The zero-order chi connectivity index (χ0) is 17.6. The van der Waals surface area contributed by atoms with Crippen LogP contribution < -0.4 is 10.2 Å². The average Bonchev–Trinajstić information content (AvgIpc) is 2.62. The molecule has 0 amide bonds. The highest BCUT2D eigenvalue weighted by molar-refractivity contribution is 5.67. The zero-order valence-corrected chi connectivity index (χ0v) is 14.4. The molecule has 7 heteroatoms. The summed E-state index contributed by atoms with van der Waals surface area (Å²) in [5.41, 5.74) is 0.705. The van der Waals surface area contributed by atoms with Crippen LogP contribution in [-0.2, 0) is 4.79 Å². The molecule has 1 fully saturated rings. The predicted octanol–water partition coefficient (Wildman–Crippen LogP) is 2.66. The molecule has 0 saturated carbocycles. The molecule has 132 valence electrons. The fourth-order valence-corrected chi connectivity index (χ4v) is 2.83. The Balaban J connectivity index is 1.86. The van der Waals surface area contributed by atoms with E-state index in [-0.39, 0.29) is 6.42 Å².